The van der Waals surface area contributed by atoms with Crippen LogP contribution in [0.1, 0.15) is 19.8 Å². The number of hydrogen-bond acceptors (Lipinski definition) is 4. The normalized spacial score (nSPS) is 16.4. The van der Waals surface area contributed by atoms with Gasteiger partial charge in [-0.05, 0) is 26.4 Å². The Balaban J connectivity index is 2.17. The molecule has 7 heteroatoms. The Morgan fingerprint density at radius 1 is 1.40 bits per heavy atom. The molecule has 0 aliphatic carbocycles. The van der Waals surface area contributed by atoms with Crippen LogP contribution in [0, 0.1) is 0 Å². The Kier molecular flexibility index (Phi) is 7.32. The van der Waals surface area contributed by atoms with Gasteiger partial charge >= 0.3 is 12.0 Å². The van der Waals surface area contributed by atoms with Crippen molar-refractivity contribution in [3.63, 3.8) is 0 Å². The number of likely N-dealkylation sites (tertiary alicyclic amines) is 1. The van der Waals surface area contributed by atoms with Gasteiger partial charge in [0.1, 0.15) is 6.61 Å². The number of carbonyl (C=O) groups is 2. The van der Waals surface area contributed by atoms with E-state index in [1.54, 1.807) is 4.90 Å². The Morgan fingerprint density at radius 3 is 2.60 bits per heavy atom. The van der Waals surface area contributed by atoms with Gasteiger partial charge in [-0.3, -0.25) is 0 Å². The van der Waals surface area contributed by atoms with Crippen molar-refractivity contribution in [1.82, 2.24) is 15.1 Å². The van der Waals surface area contributed by atoms with Crippen LogP contribution in [-0.2, 0) is 9.53 Å². The molecule has 1 heterocycles. The number of aliphatic carboxylic acids is 1. The van der Waals surface area contributed by atoms with Crippen LogP contribution >= 0.6 is 0 Å². The molecule has 0 spiro atoms. The van der Waals surface area contributed by atoms with Gasteiger partial charge in [0.15, 0.2) is 0 Å². The van der Waals surface area contributed by atoms with E-state index in [9.17, 15) is 9.59 Å². The van der Waals surface area contributed by atoms with Gasteiger partial charge in [-0.25, -0.2) is 9.59 Å². The SMILES string of the molecule is CCN(C)CCNC(=O)N1CCC(OCC(=O)O)CC1. The quantitative estimate of drug-likeness (QED) is 0.699. The number of carbonyl (C=O) groups excluding carboxylic acids is 1. The van der Waals surface area contributed by atoms with Crippen LogP contribution < -0.4 is 5.32 Å². The molecule has 20 heavy (non-hydrogen) atoms. The fourth-order valence-electron chi connectivity index (χ4n) is 2.04. The third kappa shape index (κ3) is 6.21. The lowest BCUT2D eigenvalue weighted by Crippen LogP contribution is -2.47. The van der Waals surface area contributed by atoms with Gasteiger partial charge in [0.2, 0.25) is 0 Å². The number of nitrogens with one attached hydrogen (secondary N) is 1. The molecule has 0 unspecified atom stereocenters. The van der Waals surface area contributed by atoms with Crippen LogP contribution in [0.2, 0.25) is 0 Å². The number of nitrogens with zero attached hydrogens (tertiary/aromatic N) is 2. The molecule has 0 bridgehead atoms. The van der Waals surface area contributed by atoms with E-state index in [4.69, 9.17) is 9.84 Å². The zero-order chi connectivity index (χ0) is 15.0. The first-order valence-electron chi connectivity index (χ1n) is 7.07. The van der Waals surface area contributed by atoms with Crippen molar-refractivity contribution in [2.24, 2.45) is 0 Å². The van der Waals surface area contributed by atoms with Crippen molar-refractivity contribution in [3.05, 3.63) is 0 Å². The number of amides is 2. The molecule has 0 aromatic rings. The van der Waals surface area contributed by atoms with E-state index < -0.39 is 5.97 Å². The van der Waals surface area contributed by atoms with Crippen LogP contribution in [0.25, 0.3) is 0 Å². The summed E-state index contributed by atoms with van der Waals surface area (Å²) in [5.41, 5.74) is 0. The number of carboxylic acid groups (broad SMARTS) is 1. The molecule has 7 nitrogen and oxygen atoms in total. The molecule has 0 aromatic heterocycles. The molecule has 1 fully saturated rings. The van der Waals surface area contributed by atoms with Crippen LogP contribution in [0.5, 0.6) is 0 Å². The maximum Gasteiger partial charge on any atom is 0.329 e. The summed E-state index contributed by atoms with van der Waals surface area (Å²) >= 11 is 0. The van der Waals surface area contributed by atoms with Gasteiger partial charge in [-0.2, -0.15) is 0 Å². The standard InChI is InChI=1S/C13H25N3O4/c1-3-15(2)9-6-14-13(19)16-7-4-11(5-8-16)20-10-12(17)18/h11H,3-10H2,1-2H3,(H,14,19)(H,17,18). The summed E-state index contributed by atoms with van der Waals surface area (Å²) in [6.07, 6.45) is 1.33. The highest BCUT2D eigenvalue weighted by Crippen LogP contribution is 2.13. The van der Waals surface area contributed by atoms with Crippen LogP contribution in [-0.4, -0.2) is 79.4 Å². The number of ether oxygens (including phenoxy) is 1. The average molecular weight is 287 g/mol. The molecule has 1 aliphatic rings. The highest BCUT2D eigenvalue weighted by atomic mass is 16.5. The van der Waals surface area contributed by atoms with Gasteiger partial charge in [-0.15, -0.1) is 0 Å². The summed E-state index contributed by atoms with van der Waals surface area (Å²) in [5, 5.41) is 11.4. The van der Waals surface area contributed by atoms with Crippen molar-refractivity contribution in [2.45, 2.75) is 25.9 Å². The summed E-state index contributed by atoms with van der Waals surface area (Å²) in [5.74, 6) is -0.954. The zero-order valence-electron chi connectivity index (χ0n) is 12.3. The lowest BCUT2D eigenvalue weighted by Gasteiger charge is -2.31. The first kappa shape index (κ1) is 16.7. The fraction of sp³-hybridized carbons (Fsp3) is 0.846. The van der Waals surface area contributed by atoms with Crippen molar-refractivity contribution in [2.75, 3.05) is 46.4 Å². The minimum Gasteiger partial charge on any atom is -0.480 e. The third-order valence-electron chi connectivity index (χ3n) is 3.48. The molecule has 2 amide bonds. The lowest BCUT2D eigenvalue weighted by molar-refractivity contribution is -0.145. The van der Waals surface area contributed by atoms with E-state index in [2.05, 4.69) is 17.1 Å². The first-order valence-corrected chi connectivity index (χ1v) is 7.07. The van der Waals surface area contributed by atoms with Crippen LogP contribution in [0.4, 0.5) is 4.79 Å². The van der Waals surface area contributed by atoms with Crippen molar-refractivity contribution in [3.8, 4) is 0 Å². The number of likely N-dealkylation sites (N-methyl/N-ethyl adjacent to an activating group) is 1. The second-order valence-corrected chi connectivity index (χ2v) is 5.02. The van der Waals surface area contributed by atoms with Gasteiger partial charge in [0, 0.05) is 26.2 Å². The molecule has 116 valence electrons. The van der Waals surface area contributed by atoms with Crippen LogP contribution in [0.3, 0.4) is 0 Å². The summed E-state index contributed by atoms with van der Waals surface area (Å²) in [4.78, 5) is 26.2. The number of rotatable bonds is 7. The minimum absolute atomic E-state index is 0.0498. The summed E-state index contributed by atoms with van der Waals surface area (Å²) in [6, 6.07) is -0.0498. The number of piperidine rings is 1. The third-order valence-corrected chi connectivity index (χ3v) is 3.48. The second-order valence-electron chi connectivity index (χ2n) is 5.02. The molecular weight excluding hydrogens is 262 g/mol. The van der Waals surface area contributed by atoms with Gasteiger partial charge in [-0.1, -0.05) is 6.92 Å². The fourth-order valence-corrected chi connectivity index (χ4v) is 2.04. The molecule has 0 radical (unpaired) electrons. The van der Waals surface area contributed by atoms with Gasteiger partial charge in [0.05, 0.1) is 6.10 Å². The molecule has 1 aliphatic heterocycles. The molecule has 1 rings (SSSR count). The molecule has 0 atom stereocenters. The predicted octanol–water partition coefficient (Wildman–Crippen LogP) is 0.213. The number of urea groups is 1. The van der Waals surface area contributed by atoms with E-state index in [0.717, 1.165) is 13.1 Å². The highest BCUT2D eigenvalue weighted by molar-refractivity contribution is 5.74. The topological polar surface area (TPSA) is 82.1 Å². The highest BCUT2D eigenvalue weighted by Gasteiger charge is 2.23. The average Bonchev–Trinajstić information content (AvgIpc) is 2.45. The molecule has 1 saturated heterocycles. The van der Waals surface area contributed by atoms with Gasteiger partial charge in [0.25, 0.3) is 0 Å². The number of hydrogen-bond donors (Lipinski definition) is 2. The maximum atomic E-state index is 11.9. The van der Waals surface area contributed by atoms with E-state index in [1.807, 2.05) is 7.05 Å². The number of carboxylic acids is 1. The Hall–Kier alpha value is -1.34. The van der Waals surface area contributed by atoms with E-state index in [0.29, 0.717) is 32.5 Å². The monoisotopic (exact) mass is 287 g/mol. The van der Waals surface area contributed by atoms with Gasteiger partial charge < -0.3 is 25.0 Å². The smallest absolute Gasteiger partial charge is 0.329 e. The molecular formula is C13H25N3O4. The van der Waals surface area contributed by atoms with E-state index in [1.165, 1.54) is 0 Å². The molecule has 0 aromatic carbocycles. The zero-order valence-corrected chi connectivity index (χ0v) is 12.3. The summed E-state index contributed by atoms with van der Waals surface area (Å²) in [6.45, 7) is 5.46. The second kappa shape index (κ2) is 8.76. The predicted molar refractivity (Wildman–Crippen MR) is 74.8 cm³/mol. The van der Waals surface area contributed by atoms with E-state index >= 15 is 0 Å². The maximum absolute atomic E-state index is 11.9. The Labute approximate surface area is 119 Å². The summed E-state index contributed by atoms with van der Waals surface area (Å²) in [7, 11) is 2.01. The van der Waals surface area contributed by atoms with Crippen molar-refractivity contribution >= 4 is 12.0 Å². The molecule has 0 saturated carbocycles. The molecule has 2 N–H and O–H groups in total. The Bertz CT molecular complexity index is 317. The van der Waals surface area contributed by atoms with Crippen molar-refractivity contribution in [1.29, 1.82) is 0 Å². The lowest BCUT2D eigenvalue weighted by atomic mass is 10.1. The summed E-state index contributed by atoms with van der Waals surface area (Å²) < 4.78 is 5.24. The minimum atomic E-state index is -0.954. The van der Waals surface area contributed by atoms with E-state index in [-0.39, 0.29) is 18.7 Å². The van der Waals surface area contributed by atoms with Crippen LogP contribution in [0.15, 0.2) is 0 Å². The largest absolute Gasteiger partial charge is 0.480 e. The Morgan fingerprint density at radius 2 is 2.05 bits per heavy atom. The first-order chi connectivity index (χ1) is 9.52. The van der Waals surface area contributed by atoms with Crippen molar-refractivity contribution < 1.29 is 19.4 Å².